The first-order chi connectivity index (χ1) is 6.79. The molecule has 0 amide bonds. The van der Waals surface area contributed by atoms with Gasteiger partial charge in [-0.25, -0.2) is 0 Å². The first kappa shape index (κ1) is 10.5. The van der Waals surface area contributed by atoms with Gasteiger partial charge < -0.3 is 0 Å². The zero-order valence-corrected chi connectivity index (χ0v) is 10.2. The summed E-state index contributed by atoms with van der Waals surface area (Å²) in [5, 5.41) is 0.269. The van der Waals surface area contributed by atoms with E-state index in [1.807, 2.05) is 11.3 Å². The van der Waals surface area contributed by atoms with Crippen LogP contribution < -0.4 is 0 Å². The molecule has 0 aliphatic heterocycles. The third-order valence-corrected chi connectivity index (χ3v) is 4.99. The summed E-state index contributed by atoms with van der Waals surface area (Å²) < 4.78 is 0. The van der Waals surface area contributed by atoms with Crippen LogP contribution in [0, 0.1) is 5.92 Å². The minimum atomic E-state index is 0.269. The van der Waals surface area contributed by atoms with Crippen molar-refractivity contribution in [3.8, 4) is 0 Å². The zero-order chi connectivity index (χ0) is 9.97. The van der Waals surface area contributed by atoms with Gasteiger partial charge in [0.1, 0.15) is 0 Å². The molecule has 1 unspecified atom stereocenters. The van der Waals surface area contributed by atoms with Gasteiger partial charge in [0.05, 0.1) is 5.38 Å². The maximum absolute atomic E-state index is 6.39. The molecule has 2 rings (SSSR count). The summed E-state index contributed by atoms with van der Waals surface area (Å²) in [5.41, 5.74) is 0. The third kappa shape index (κ3) is 2.32. The molecule has 1 fully saturated rings. The summed E-state index contributed by atoms with van der Waals surface area (Å²) in [6.45, 7) is 2.20. The summed E-state index contributed by atoms with van der Waals surface area (Å²) in [7, 11) is 0. The summed E-state index contributed by atoms with van der Waals surface area (Å²) in [6, 6.07) is 4.43. The molecule has 1 aliphatic rings. The summed E-state index contributed by atoms with van der Waals surface area (Å²) in [6.07, 6.45) is 6.53. The van der Waals surface area contributed by atoms with Crippen molar-refractivity contribution in [3.05, 3.63) is 21.9 Å². The number of hydrogen-bond donors (Lipinski definition) is 0. The Bertz CT molecular complexity index is 288. The molecule has 1 aromatic heterocycles. The van der Waals surface area contributed by atoms with Crippen molar-refractivity contribution >= 4 is 22.9 Å². The first-order valence-corrected chi connectivity index (χ1v) is 6.77. The molecule has 0 spiro atoms. The van der Waals surface area contributed by atoms with E-state index >= 15 is 0 Å². The highest BCUT2D eigenvalue weighted by molar-refractivity contribution is 7.12. The predicted octanol–water partition coefficient (Wildman–Crippen LogP) is 4.78. The standard InChI is InChI=1S/C12H17ClS/c1-2-10-6-7-12(14-10)11(13)8-9-4-3-5-9/h6-7,9,11H,2-5,8H2,1H3. The second-order valence-corrected chi connectivity index (χ2v) is 5.88. The highest BCUT2D eigenvalue weighted by Crippen LogP contribution is 2.39. The molecule has 1 saturated carbocycles. The maximum Gasteiger partial charge on any atom is 0.0681 e. The molecule has 1 aromatic rings. The normalized spacial score (nSPS) is 19.3. The van der Waals surface area contributed by atoms with E-state index in [0.29, 0.717) is 0 Å². The van der Waals surface area contributed by atoms with Crippen molar-refractivity contribution in [2.45, 2.75) is 44.4 Å². The van der Waals surface area contributed by atoms with E-state index in [-0.39, 0.29) is 5.38 Å². The van der Waals surface area contributed by atoms with Gasteiger partial charge in [-0.15, -0.1) is 22.9 Å². The fraction of sp³-hybridized carbons (Fsp3) is 0.667. The van der Waals surface area contributed by atoms with Crippen molar-refractivity contribution in [2.24, 2.45) is 5.92 Å². The number of hydrogen-bond acceptors (Lipinski definition) is 1. The molecule has 1 heterocycles. The summed E-state index contributed by atoms with van der Waals surface area (Å²) in [5.74, 6) is 0.907. The van der Waals surface area contributed by atoms with Crippen molar-refractivity contribution in [2.75, 3.05) is 0 Å². The number of thiophene rings is 1. The van der Waals surface area contributed by atoms with Crippen LogP contribution in [0.3, 0.4) is 0 Å². The van der Waals surface area contributed by atoms with Crippen LogP contribution in [0.25, 0.3) is 0 Å². The minimum Gasteiger partial charge on any atom is -0.144 e. The fourth-order valence-electron chi connectivity index (χ4n) is 1.89. The van der Waals surface area contributed by atoms with E-state index in [4.69, 9.17) is 11.6 Å². The lowest BCUT2D eigenvalue weighted by Crippen LogP contribution is -2.12. The van der Waals surface area contributed by atoms with Crippen LogP contribution in [-0.2, 0) is 6.42 Å². The van der Waals surface area contributed by atoms with Gasteiger partial charge in [-0.3, -0.25) is 0 Å². The van der Waals surface area contributed by atoms with Gasteiger partial charge in [0, 0.05) is 9.75 Å². The lowest BCUT2D eigenvalue weighted by Gasteiger charge is -2.26. The Balaban J connectivity index is 1.92. The van der Waals surface area contributed by atoms with Crippen molar-refractivity contribution in [1.82, 2.24) is 0 Å². The molecular weight excluding hydrogens is 212 g/mol. The lowest BCUT2D eigenvalue weighted by atomic mass is 9.82. The Kier molecular flexibility index (Phi) is 3.51. The molecule has 1 atom stereocenters. The molecule has 1 aliphatic carbocycles. The molecule has 0 aromatic carbocycles. The van der Waals surface area contributed by atoms with E-state index in [2.05, 4.69) is 19.1 Å². The topological polar surface area (TPSA) is 0 Å². The lowest BCUT2D eigenvalue weighted by molar-refractivity contribution is 0.294. The number of rotatable bonds is 4. The predicted molar refractivity (Wildman–Crippen MR) is 64.2 cm³/mol. The molecule has 0 saturated heterocycles. The Hall–Kier alpha value is -0.0100. The number of halogens is 1. The van der Waals surface area contributed by atoms with Crippen LogP contribution in [0.4, 0.5) is 0 Å². The van der Waals surface area contributed by atoms with Gasteiger partial charge in [0.25, 0.3) is 0 Å². The van der Waals surface area contributed by atoms with Gasteiger partial charge in [-0.2, -0.15) is 0 Å². The van der Waals surface area contributed by atoms with Gasteiger partial charge in [-0.1, -0.05) is 26.2 Å². The van der Waals surface area contributed by atoms with Crippen LogP contribution in [0.5, 0.6) is 0 Å². The van der Waals surface area contributed by atoms with Gasteiger partial charge in [0.15, 0.2) is 0 Å². The quantitative estimate of drug-likeness (QED) is 0.651. The van der Waals surface area contributed by atoms with Crippen molar-refractivity contribution < 1.29 is 0 Å². The van der Waals surface area contributed by atoms with Crippen molar-refractivity contribution in [1.29, 1.82) is 0 Å². The van der Waals surface area contributed by atoms with Gasteiger partial charge in [0.2, 0.25) is 0 Å². The summed E-state index contributed by atoms with van der Waals surface area (Å²) >= 11 is 8.28. The Morgan fingerprint density at radius 1 is 1.50 bits per heavy atom. The average molecular weight is 229 g/mol. The Labute approximate surface area is 95.3 Å². The molecule has 14 heavy (non-hydrogen) atoms. The second kappa shape index (κ2) is 4.67. The second-order valence-electron chi connectivity index (χ2n) is 4.16. The number of alkyl halides is 1. The maximum atomic E-state index is 6.39. The average Bonchev–Trinajstić information content (AvgIpc) is 2.59. The highest BCUT2D eigenvalue weighted by atomic mass is 35.5. The minimum absolute atomic E-state index is 0.269. The highest BCUT2D eigenvalue weighted by Gasteiger charge is 2.22. The Morgan fingerprint density at radius 2 is 2.29 bits per heavy atom. The molecule has 0 bridgehead atoms. The van der Waals surface area contributed by atoms with Crippen molar-refractivity contribution in [3.63, 3.8) is 0 Å². The van der Waals surface area contributed by atoms with Gasteiger partial charge in [-0.05, 0) is 30.9 Å². The monoisotopic (exact) mass is 228 g/mol. The van der Waals surface area contributed by atoms with E-state index < -0.39 is 0 Å². The smallest absolute Gasteiger partial charge is 0.0681 e. The molecule has 0 nitrogen and oxygen atoms in total. The van der Waals surface area contributed by atoms with E-state index in [0.717, 1.165) is 12.3 Å². The van der Waals surface area contributed by atoms with Crippen LogP contribution in [0.15, 0.2) is 12.1 Å². The van der Waals surface area contributed by atoms with Crippen LogP contribution in [0.2, 0.25) is 0 Å². The first-order valence-electron chi connectivity index (χ1n) is 5.52. The molecule has 78 valence electrons. The molecule has 0 radical (unpaired) electrons. The van der Waals surface area contributed by atoms with E-state index in [9.17, 15) is 0 Å². The van der Waals surface area contributed by atoms with E-state index in [1.165, 1.54) is 35.4 Å². The van der Waals surface area contributed by atoms with Crippen LogP contribution >= 0.6 is 22.9 Å². The zero-order valence-electron chi connectivity index (χ0n) is 8.63. The SMILES string of the molecule is CCc1ccc(C(Cl)CC2CCC2)s1. The largest absolute Gasteiger partial charge is 0.144 e. The molecule has 0 N–H and O–H groups in total. The summed E-state index contributed by atoms with van der Waals surface area (Å²) in [4.78, 5) is 2.83. The molecule has 2 heteroatoms. The Morgan fingerprint density at radius 3 is 2.79 bits per heavy atom. The van der Waals surface area contributed by atoms with Crippen LogP contribution in [0.1, 0.15) is 47.7 Å². The number of aryl methyl sites for hydroxylation is 1. The van der Waals surface area contributed by atoms with Gasteiger partial charge >= 0.3 is 0 Å². The van der Waals surface area contributed by atoms with Crippen LogP contribution in [-0.4, -0.2) is 0 Å². The van der Waals surface area contributed by atoms with E-state index in [1.54, 1.807) is 0 Å². The fourth-order valence-corrected chi connectivity index (χ4v) is 3.29. The molecular formula is C12H17ClS. The third-order valence-electron chi connectivity index (χ3n) is 3.10.